The molecular weight excluding hydrogens is 206 g/mol. The van der Waals surface area contributed by atoms with Gasteiger partial charge in [0.05, 0.1) is 6.54 Å². The van der Waals surface area contributed by atoms with Crippen LogP contribution in [0.4, 0.5) is 0 Å². The molecule has 0 aromatic carbocycles. The molecular formula is C12H25NO3. The molecule has 1 amide bonds. The molecule has 0 fully saturated rings. The Bertz CT molecular complexity index is 181. The Morgan fingerprint density at radius 1 is 1.25 bits per heavy atom. The summed E-state index contributed by atoms with van der Waals surface area (Å²) in [4.78, 5) is 11.8. The maximum Gasteiger partial charge on any atom is 0.223 e. The Morgan fingerprint density at radius 2 is 1.88 bits per heavy atom. The fourth-order valence-electron chi connectivity index (χ4n) is 1.56. The monoisotopic (exact) mass is 231 g/mol. The highest BCUT2D eigenvalue weighted by Gasteiger charge is 2.16. The summed E-state index contributed by atoms with van der Waals surface area (Å²) in [6.45, 7) is 4.59. The van der Waals surface area contributed by atoms with Crippen molar-refractivity contribution in [2.24, 2.45) is 5.92 Å². The van der Waals surface area contributed by atoms with Gasteiger partial charge in [0.1, 0.15) is 0 Å². The fourth-order valence-corrected chi connectivity index (χ4v) is 1.56. The lowest BCUT2D eigenvalue weighted by Gasteiger charge is -2.18. The van der Waals surface area contributed by atoms with Gasteiger partial charge in [-0.15, -0.1) is 0 Å². The Kier molecular flexibility index (Phi) is 9.24. The number of unbranched alkanes of at least 4 members (excludes halogenated alkanes) is 1. The molecule has 0 rings (SSSR count). The van der Waals surface area contributed by atoms with E-state index < -0.39 is 0 Å². The highest BCUT2D eigenvalue weighted by atomic mass is 16.7. The van der Waals surface area contributed by atoms with E-state index in [2.05, 4.69) is 12.2 Å². The summed E-state index contributed by atoms with van der Waals surface area (Å²) in [7, 11) is 3.13. The van der Waals surface area contributed by atoms with Gasteiger partial charge in [0.2, 0.25) is 5.91 Å². The van der Waals surface area contributed by atoms with Gasteiger partial charge in [-0.25, -0.2) is 0 Å². The van der Waals surface area contributed by atoms with Crippen LogP contribution in [0, 0.1) is 5.92 Å². The zero-order valence-electron chi connectivity index (χ0n) is 10.9. The van der Waals surface area contributed by atoms with Crippen molar-refractivity contribution in [3.63, 3.8) is 0 Å². The SMILES string of the molecule is CCCCC(CC)C(=O)NCC(OC)OC. The minimum absolute atomic E-state index is 0.107. The second kappa shape index (κ2) is 9.60. The van der Waals surface area contributed by atoms with Gasteiger partial charge in [0, 0.05) is 20.1 Å². The van der Waals surface area contributed by atoms with E-state index >= 15 is 0 Å². The molecule has 1 unspecified atom stereocenters. The molecule has 4 nitrogen and oxygen atoms in total. The third-order valence-corrected chi connectivity index (χ3v) is 2.74. The normalized spacial score (nSPS) is 12.8. The maximum atomic E-state index is 11.8. The molecule has 0 aromatic rings. The number of ether oxygens (including phenoxy) is 2. The molecule has 0 aliphatic rings. The number of methoxy groups -OCH3 is 2. The lowest BCUT2D eigenvalue weighted by atomic mass is 9.98. The molecule has 0 saturated carbocycles. The molecule has 0 aliphatic heterocycles. The van der Waals surface area contributed by atoms with Gasteiger partial charge in [-0.3, -0.25) is 4.79 Å². The largest absolute Gasteiger partial charge is 0.354 e. The zero-order valence-corrected chi connectivity index (χ0v) is 10.9. The number of hydrogen-bond acceptors (Lipinski definition) is 3. The molecule has 0 aromatic heterocycles. The van der Waals surface area contributed by atoms with Gasteiger partial charge >= 0.3 is 0 Å². The van der Waals surface area contributed by atoms with E-state index in [4.69, 9.17) is 9.47 Å². The van der Waals surface area contributed by atoms with Crippen molar-refractivity contribution in [1.82, 2.24) is 5.32 Å². The molecule has 0 heterocycles. The van der Waals surface area contributed by atoms with Crippen molar-refractivity contribution >= 4 is 5.91 Å². The second-order valence-corrected chi connectivity index (χ2v) is 3.89. The van der Waals surface area contributed by atoms with Crippen LogP contribution in [-0.4, -0.2) is 33.0 Å². The lowest BCUT2D eigenvalue weighted by molar-refractivity contribution is -0.131. The van der Waals surface area contributed by atoms with Crippen molar-refractivity contribution in [3.8, 4) is 0 Å². The standard InChI is InChI=1S/C12H25NO3/c1-5-7-8-10(6-2)12(14)13-9-11(15-3)16-4/h10-11H,5-9H2,1-4H3,(H,13,14). The minimum Gasteiger partial charge on any atom is -0.354 e. The third kappa shape index (κ3) is 6.08. The molecule has 16 heavy (non-hydrogen) atoms. The summed E-state index contributed by atoms with van der Waals surface area (Å²) in [5.74, 6) is 0.226. The molecule has 96 valence electrons. The Labute approximate surface area is 98.7 Å². The smallest absolute Gasteiger partial charge is 0.223 e. The van der Waals surface area contributed by atoms with Gasteiger partial charge in [-0.1, -0.05) is 26.7 Å². The molecule has 0 radical (unpaired) electrons. The summed E-state index contributed by atoms with van der Waals surface area (Å²) in [6, 6.07) is 0. The molecule has 1 atom stereocenters. The highest BCUT2D eigenvalue weighted by molar-refractivity contribution is 5.78. The van der Waals surface area contributed by atoms with Crippen LogP contribution in [0.2, 0.25) is 0 Å². The second-order valence-electron chi connectivity index (χ2n) is 3.89. The average Bonchev–Trinajstić information content (AvgIpc) is 2.31. The maximum absolute atomic E-state index is 11.8. The molecule has 0 aliphatic carbocycles. The molecule has 0 bridgehead atoms. The van der Waals surface area contributed by atoms with E-state index in [0.717, 1.165) is 25.7 Å². The van der Waals surface area contributed by atoms with Crippen LogP contribution in [-0.2, 0) is 14.3 Å². The first-order valence-corrected chi connectivity index (χ1v) is 6.02. The average molecular weight is 231 g/mol. The highest BCUT2D eigenvalue weighted by Crippen LogP contribution is 2.12. The predicted molar refractivity (Wildman–Crippen MR) is 64.1 cm³/mol. The molecule has 4 heteroatoms. The van der Waals surface area contributed by atoms with Gasteiger partial charge < -0.3 is 14.8 Å². The van der Waals surface area contributed by atoms with Crippen molar-refractivity contribution in [1.29, 1.82) is 0 Å². The first-order chi connectivity index (χ1) is 7.69. The number of carbonyl (C=O) groups is 1. The molecule has 0 spiro atoms. The molecule has 0 saturated heterocycles. The number of carbonyl (C=O) groups excluding carboxylic acids is 1. The van der Waals surface area contributed by atoms with Crippen molar-refractivity contribution in [2.45, 2.75) is 45.8 Å². The molecule has 1 N–H and O–H groups in total. The van der Waals surface area contributed by atoms with Gasteiger partial charge in [-0.2, -0.15) is 0 Å². The van der Waals surface area contributed by atoms with E-state index in [9.17, 15) is 4.79 Å². The van der Waals surface area contributed by atoms with Gasteiger partial charge in [0.25, 0.3) is 0 Å². The summed E-state index contributed by atoms with van der Waals surface area (Å²) < 4.78 is 10.0. The lowest BCUT2D eigenvalue weighted by Crippen LogP contribution is -2.37. The minimum atomic E-state index is -0.354. The first kappa shape index (κ1) is 15.4. The van der Waals surface area contributed by atoms with Gasteiger partial charge in [0.15, 0.2) is 6.29 Å². The van der Waals surface area contributed by atoms with Crippen LogP contribution < -0.4 is 5.32 Å². The van der Waals surface area contributed by atoms with Crippen molar-refractivity contribution in [3.05, 3.63) is 0 Å². The first-order valence-electron chi connectivity index (χ1n) is 6.02. The van der Waals surface area contributed by atoms with Crippen LogP contribution in [0.1, 0.15) is 39.5 Å². The number of hydrogen-bond donors (Lipinski definition) is 1. The Morgan fingerprint density at radius 3 is 2.31 bits per heavy atom. The Hall–Kier alpha value is -0.610. The van der Waals surface area contributed by atoms with E-state index in [1.807, 2.05) is 6.92 Å². The summed E-state index contributed by atoms with van der Waals surface area (Å²) in [5.41, 5.74) is 0. The summed E-state index contributed by atoms with van der Waals surface area (Å²) >= 11 is 0. The van der Waals surface area contributed by atoms with E-state index in [1.54, 1.807) is 14.2 Å². The predicted octanol–water partition coefficient (Wildman–Crippen LogP) is 1.94. The van der Waals surface area contributed by atoms with E-state index in [-0.39, 0.29) is 18.1 Å². The number of rotatable bonds is 9. The third-order valence-electron chi connectivity index (χ3n) is 2.74. The fraction of sp³-hybridized carbons (Fsp3) is 0.917. The van der Waals surface area contributed by atoms with Crippen LogP contribution in [0.5, 0.6) is 0 Å². The van der Waals surface area contributed by atoms with Crippen LogP contribution >= 0.6 is 0 Å². The summed E-state index contributed by atoms with van der Waals surface area (Å²) in [6.07, 6.45) is 3.72. The number of amides is 1. The zero-order chi connectivity index (χ0) is 12.4. The summed E-state index contributed by atoms with van der Waals surface area (Å²) in [5, 5.41) is 2.86. The van der Waals surface area contributed by atoms with Gasteiger partial charge in [-0.05, 0) is 12.8 Å². The van der Waals surface area contributed by atoms with Crippen LogP contribution in [0.15, 0.2) is 0 Å². The quantitative estimate of drug-likeness (QED) is 0.617. The van der Waals surface area contributed by atoms with E-state index in [1.165, 1.54) is 0 Å². The van der Waals surface area contributed by atoms with Crippen LogP contribution in [0.3, 0.4) is 0 Å². The van der Waals surface area contributed by atoms with Crippen LogP contribution in [0.25, 0.3) is 0 Å². The van der Waals surface area contributed by atoms with E-state index in [0.29, 0.717) is 6.54 Å². The van der Waals surface area contributed by atoms with Crippen molar-refractivity contribution in [2.75, 3.05) is 20.8 Å². The Balaban J connectivity index is 3.91. The van der Waals surface area contributed by atoms with Crippen molar-refractivity contribution < 1.29 is 14.3 Å². The topological polar surface area (TPSA) is 47.6 Å². The number of nitrogens with one attached hydrogen (secondary N) is 1.